The summed E-state index contributed by atoms with van der Waals surface area (Å²) in [5.74, 6) is -0.316. The number of fused-ring (bicyclic) bond motifs is 1. The Balaban J connectivity index is 1.75. The minimum Gasteiger partial charge on any atom is -0.469 e. The van der Waals surface area contributed by atoms with E-state index in [1.807, 2.05) is 70.2 Å². The van der Waals surface area contributed by atoms with Gasteiger partial charge in [0.05, 0.1) is 18.6 Å². The Labute approximate surface area is 249 Å². The van der Waals surface area contributed by atoms with Crippen LogP contribution in [0, 0.1) is 5.41 Å². The summed E-state index contributed by atoms with van der Waals surface area (Å²) in [7, 11) is 1.37. The molecule has 1 aliphatic rings. The van der Waals surface area contributed by atoms with Crippen molar-refractivity contribution in [3.63, 3.8) is 0 Å². The van der Waals surface area contributed by atoms with Gasteiger partial charge in [0.1, 0.15) is 11.4 Å². The second-order valence-corrected chi connectivity index (χ2v) is 12.3. The van der Waals surface area contributed by atoms with Crippen LogP contribution in [-0.4, -0.2) is 55.1 Å². The van der Waals surface area contributed by atoms with Gasteiger partial charge in [-0.1, -0.05) is 72.8 Å². The van der Waals surface area contributed by atoms with Crippen LogP contribution in [0.2, 0.25) is 0 Å². The van der Waals surface area contributed by atoms with E-state index in [0.717, 1.165) is 21.9 Å². The summed E-state index contributed by atoms with van der Waals surface area (Å²) in [6, 6.07) is 24.0. The molecular formula is C35H44N2O5. The molecule has 3 aromatic rings. The molecule has 0 unspecified atom stereocenters. The number of benzene rings is 3. The number of nitrogens with zero attached hydrogens (tertiary/aromatic N) is 1. The van der Waals surface area contributed by atoms with Crippen LogP contribution >= 0.6 is 0 Å². The summed E-state index contributed by atoms with van der Waals surface area (Å²) >= 11 is 0. The topological polar surface area (TPSA) is 84.9 Å². The molecule has 0 spiro atoms. The van der Waals surface area contributed by atoms with E-state index >= 15 is 0 Å². The number of rotatable bonds is 11. The molecule has 1 fully saturated rings. The van der Waals surface area contributed by atoms with Crippen LogP contribution in [0.4, 0.5) is 4.79 Å². The number of hydrogen-bond acceptors (Lipinski definition) is 6. The van der Waals surface area contributed by atoms with Gasteiger partial charge in [0, 0.05) is 38.4 Å². The monoisotopic (exact) mass is 572 g/mol. The summed E-state index contributed by atoms with van der Waals surface area (Å²) in [4.78, 5) is 41.8. The molecule has 0 aromatic heterocycles. The van der Waals surface area contributed by atoms with Gasteiger partial charge in [-0.2, -0.15) is 0 Å². The Bertz CT molecular complexity index is 1380. The largest absolute Gasteiger partial charge is 0.469 e. The molecule has 0 radical (unpaired) electrons. The average molecular weight is 573 g/mol. The average Bonchev–Trinajstić information content (AvgIpc) is 3.41. The van der Waals surface area contributed by atoms with Crippen LogP contribution in [0.15, 0.2) is 72.8 Å². The van der Waals surface area contributed by atoms with Crippen molar-refractivity contribution in [3.8, 4) is 0 Å². The van der Waals surface area contributed by atoms with Crippen molar-refractivity contribution in [2.24, 2.45) is 5.41 Å². The zero-order valence-corrected chi connectivity index (χ0v) is 25.5. The zero-order valence-electron chi connectivity index (χ0n) is 25.5. The summed E-state index contributed by atoms with van der Waals surface area (Å²) in [5, 5.41) is 5.64. The molecule has 4 rings (SSSR count). The molecule has 0 bridgehead atoms. The Morgan fingerprint density at radius 3 is 2.33 bits per heavy atom. The predicted molar refractivity (Wildman–Crippen MR) is 165 cm³/mol. The standard InChI is InChI=1S/C35H44N2O5/c1-25(28-19-13-17-26-14-9-10-18-29(26)28)37(33(40)42-34(2,3)4)24-35(31(38)20-11-12-21-32(39)41-5)23-36-22-30(35)27-15-7-6-8-16-27/h6-10,13-19,25,30,36H,11-12,20-24H2,1-5H3/t25-,30+,35-/m1/s1. The van der Waals surface area contributed by atoms with Crippen LogP contribution in [0.25, 0.3) is 10.8 Å². The van der Waals surface area contributed by atoms with E-state index in [1.54, 1.807) is 4.90 Å². The van der Waals surface area contributed by atoms with Crippen molar-refractivity contribution in [2.45, 2.75) is 70.9 Å². The van der Waals surface area contributed by atoms with Crippen LogP contribution in [0.1, 0.15) is 76.5 Å². The summed E-state index contributed by atoms with van der Waals surface area (Å²) in [6.45, 7) is 8.87. The number of Topliss-reactive ketones (excluding diaryl/α,β-unsaturated/α-hetero) is 1. The summed E-state index contributed by atoms with van der Waals surface area (Å²) in [5.41, 5.74) is 0.489. The first-order valence-corrected chi connectivity index (χ1v) is 14.9. The van der Waals surface area contributed by atoms with E-state index in [0.29, 0.717) is 32.4 Å². The van der Waals surface area contributed by atoms with Gasteiger partial charge in [-0.25, -0.2) is 4.79 Å². The quantitative estimate of drug-likeness (QED) is 0.201. The molecule has 1 N–H and O–H groups in total. The van der Waals surface area contributed by atoms with Crippen LogP contribution in [-0.2, 0) is 19.1 Å². The number of unbranched alkanes of at least 4 members (excludes halogenated alkanes) is 1. The van der Waals surface area contributed by atoms with Crippen molar-refractivity contribution in [3.05, 3.63) is 83.9 Å². The minimum absolute atomic E-state index is 0.0879. The third-order valence-corrected chi connectivity index (χ3v) is 8.30. The molecule has 0 aliphatic carbocycles. The maximum atomic E-state index is 14.3. The lowest BCUT2D eigenvalue weighted by Gasteiger charge is -2.41. The van der Waals surface area contributed by atoms with Gasteiger partial charge < -0.3 is 19.7 Å². The van der Waals surface area contributed by atoms with Crippen molar-refractivity contribution in [2.75, 3.05) is 26.7 Å². The smallest absolute Gasteiger partial charge is 0.410 e. The highest BCUT2D eigenvalue weighted by atomic mass is 16.6. The van der Waals surface area contributed by atoms with Crippen molar-refractivity contribution in [1.82, 2.24) is 10.2 Å². The summed E-state index contributed by atoms with van der Waals surface area (Å²) < 4.78 is 10.7. The molecule has 224 valence electrons. The molecule has 3 aromatic carbocycles. The third kappa shape index (κ3) is 7.19. The molecule has 7 heteroatoms. The van der Waals surface area contributed by atoms with E-state index < -0.39 is 17.1 Å². The molecule has 1 amide bonds. The maximum absolute atomic E-state index is 14.3. The molecule has 1 aliphatic heterocycles. The number of hydrogen-bond donors (Lipinski definition) is 1. The lowest BCUT2D eigenvalue weighted by molar-refractivity contribution is -0.141. The Kier molecular flexibility index (Phi) is 10.0. The van der Waals surface area contributed by atoms with Crippen LogP contribution in [0.5, 0.6) is 0 Å². The van der Waals surface area contributed by atoms with Gasteiger partial charge in [-0.3, -0.25) is 9.59 Å². The molecule has 1 heterocycles. The Morgan fingerprint density at radius 2 is 1.62 bits per heavy atom. The van der Waals surface area contributed by atoms with Gasteiger partial charge in [0.25, 0.3) is 0 Å². The highest BCUT2D eigenvalue weighted by Gasteiger charge is 2.51. The van der Waals surface area contributed by atoms with Crippen molar-refractivity contribution >= 4 is 28.6 Å². The van der Waals surface area contributed by atoms with Crippen LogP contribution in [0.3, 0.4) is 0 Å². The fraction of sp³-hybridized carbons (Fsp3) is 0.457. The fourth-order valence-electron chi connectivity index (χ4n) is 6.10. The van der Waals surface area contributed by atoms with Crippen molar-refractivity contribution < 1.29 is 23.9 Å². The number of ketones is 1. The number of nitrogens with one attached hydrogen (secondary N) is 1. The third-order valence-electron chi connectivity index (χ3n) is 8.30. The van der Waals surface area contributed by atoms with E-state index in [4.69, 9.17) is 9.47 Å². The number of ether oxygens (including phenoxy) is 2. The van der Waals surface area contributed by atoms with Crippen molar-refractivity contribution in [1.29, 1.82) is 0 Å². The first kappa shape index (κ1) is 31.2. The summed E-state index contributed by atoms with van der Waals surface area (Å²) in [6.07, 6.45) is 1.29. The first-order chi connectivity index (χ1) is 20.1. The number of methoxy groups -OCH3 is 1. The van der Waals surface area contributed by atoms with E-state index in [1.165, 1.54) is 7.11 Å². The van der Waals surface area contributed by atoms with Gasteiger partial charge in [-0.15, -0.1) is 0 Å². The number of esters is 1. The Hall–Kier alpha value is -3.71. The van der Waals surface area contributed by atoms with E-state index in [9.17, 15) is 14.4 Å². The lowest BCUT2D eigenvalue weighted by Crippen LogP contribution is -2.51. The molecule has 3 atom stereocenters. The molecule has 0 saturated carbocycles. The van der Waals surface area contributed by atoms with E-state index in [-0.39, 0.29) is 36.7 Å². The highest BCUT2D eigenvalue weighted by Crippen LogP contribution is 2.44. The minimum atomic E-state index is -0.873. The van der Waals surface area contributed by atoms with Gasteiger partial charge in [0.15, 0.2) is 0 Å². The highest BCUT2D eigenvalue weighted by molar-refractivity contribution is 5.89. The van der Waals surface area contributed by atoms with Gasteiger partial charge in [-0.05, 0) is 62.4 Å². The second kappa shape index (κ2) is 13.5. The molecular weight excluding hydrogens is 528 g/mol. The normalized spacial score (nSPS) is 19.3. The number of carbonyl (C=O) groups is 3. The Morgan fingerprint density at radius 1 is 0.952 bits per heavy atom. The SMILES string of the molecule is COC(=O)CCCCC(=O)[C@@]1(CN(C(=O)OC(C)(C)C)[C@H](C)c2cccc3ccccc23)CNC[C@H]1c1ccccc1. The van der Waals surface area contributed by atoms with Gasteiger partial charge >= 0.3 is 12.1 Å². The van der Waals surface area contributed by atoms with Crippen LogP contribution < -0.4 is 5.32 Å². The second-order valence-electron chi connectivity index (χ2n) is 12.3. The molecule has 42 heavy (non-hydrogen) atoms. The molecule has 7 nitrogen and oxygen atoms in total. The number of carbonyl (C=O) groups excluding carboxylic acids is 3. The fourth-order valence-corrected chi connectivity index (χ4v) is 6.10. The van der Waals surface area contributed by atoms with Gasteiger partial charge in [0.2, 0.25) is 0 Å². The number of amides is 1. The predicted octanol–water partition coefficient (Wildman–Crippen LogP) is 6.81. The maximum Gasteiger partial charge on any atom is 0.410 e. The van der Waals surface area contributed by atoms with E-state index in [2.05, 4.69) is 35.6 Å². The lowest BCUT2D eigenvalue weighted by atomic mass is 9.69. The molecule has 1 saturated heterocycles. The zero-order chi connectivity index (χ0) is 30.3. The first-order valence-electron chi connectivity index (χ1n) is 14.9.